The van der Waals surface area contributed by atoms with E-state index in [4.69, 9.17) is 4.74 Å². The molecule has 8 nitrogen and oxygen atoms in total. The number of carbonyl (C=O) groups excluding carboxylic acids is 4. The smallest absolute Gasteiger partial charge is 0.257 e. The first-order chi connectivity index (χ1) is 17.4. The highest BCUT2D eigenvalue weighted by Gasteiger charge is 2.44. The molecule has 184 valence electrons. The summed E-state index contributed by atoms with van der Waals surface area (Å²) in [6.45, 7) is 1.67. The van der Waals surface area contributed by atoms with Crippen LogP contribution in [-0.4, -0.2) is 48.2 Å². The van der Waals surface area contributed by atoms with E-state index in [2.05, 4.69) is 5.32 Å². The van der Waals surface area contributed by atoms with Gasteiger partial charge in [0, 0.05) is 24.7 Å². The van der Waals surface area contributed by atoms with Crippen LogP contribution in [0.4, 0.5) is 11.4 Å². The molecule has 1 atom stereocenters. The summed E-state index contributed by atoms with van der Waals surface area (Å²) in [6, 6.07) is 21.9. The van der Waals surface area contributed by atoms with Crippen LogP contribution in [0.15, 0.2) is 78.9 Å². The molecule has 4 amide bonds. The molecular formula is C28H27N3O5. The molecule has 0 aliphatic carbocycles. The molecule has 0 spiro atoms. The Kier molecular flexibility index (Phi) is 7.44. The Hall–Kier alpha value is -4.46. The lowest BCUT2D eigenvalue weighted by Crippen LogP contribution is -2.46. The molecule has 4 rings (SSSR count). The fourth-order valence-electron chi connectivity index (χ4n) is 4.22. The van der Waals surface area contributed by atoms with Crippen molar-refractivity contribution in [3.05, 3.63) is 90.0 Å². The Morgan fingerprint density at radius 3 is 2.25 bits per heavy atom. The molecule has 1 unspecified atom stereocenters. The molecule has 8 heteroatoms. The number of anilines is 2. The van der Waals surface area contributed by atoms with Gasteiger partial charge in [0.25, 0.3) is 11.8 Å². The van der Waals surface area contributed by atoms with Gasteiger partial charge in [-0.05, 0) is 60.5 Å². The number of hydrogen-bond acceptors (Lipinski definition) is 5. The topological polar surface area (TPSA) is 96.0 Å². The molecule has 1 heterocycles. The number of carbonyl (C=O) groups is 4. The number of nitrogens with one attached hydrogen (secondary N) is 1. The highest BCUT2D eigenvalue weighted by atomic mass is 16.5. The molecule has 1 aliphatic rings. The van der Waals surface area contributed by atoms with Gasteiger partial charge >= 0.3 is 0 Å². The van der Waals surface area contributed by atoms with E-state index >= 15 is 0 Å². The van der Waals surface area contributed by atoms with Crippen LogP contribution in [0.25, 0.3) is 0 Å². The second-order valence-corrected chi connectivity index (χ2v) is 8.48. The molecule has 1 saturated heterocycles. The van der Waals surface area contributed by atoms with Crippen molar-refractivity contribution in [3.8, 4) is 5.75 Å². The van der Waals surface area contributed by atoms with E-state index in [1.54, 1.807) is 55.6 Å². The van der Waals surface area contributed by atoms with Gasteiger partial charge in [-0.15, -0.1) is 0 Å². The molecule has 1 aliphatic heterocycles. The van der Waals surface area contributed by atoms with Gasteiger partial charge in [-0.2, -0.15) is 0 Å². The van der Waals surface area contributed by atoms with Crippen LogP contribution in [0, 0.1) is 0 Å². The lowest BCUT2D eigenvalue weighted by atomic mass is 10.1. The second-order valence-electron chi connectivity index (χ2n) is 8.48. The zero-order valence-electron chi connectivity index (χ0n) is 20.1. The van der Waals surface area contributed by atoms with Crippen LogP contribution >= 0.6 is 0 Å². The van der Waals surface area contributed by atoms with Gasteiger partial charge in [-0.3, -0.25) is 19.2 Å². The number of ether oxygens (including phenoxy) is 1. The quantitative estimate of drug-likeness (QED) is 0.491. The third-order valence-electron chi connectivity index (χ3n) is 6.03. The fraction of sp³-hybridized carbons (Fsp3) is 0.214. The maximum absolute atomic E-state index is 13.6. The lowest BCUT2D eigenvalue weighted by molar-refractivity contribution is -0.122. The highest BCUT2D eigenvalue weighted by molar-refractivity contribution is 6.23. The van der Waals surface area contributed by atoms with Crippen molar-refractivity contribution < 1.29 is 23.9 Å². The van der Waals surface area contributed by atoms with Crippen LogP contribution in [0.3, 0.4) is 0 Å². The number of imide groups is 1. The van der Waals surface area contributed by atoms with Crippen molar-refractivity contribution in [1.29, 1.82) is 0 Å². The summed E-state index contributed by atoms with van der Waals surface area (Å²) < 4.78 is 5.18. The molecule has 1 N–H and O–H groups in total. The Balaban J connectivity index is 1.60. The molecule has 0 radical (unpaired) electrons. The Labute approximate surface area is 209 Å². The Morgan fingerprint density at radius 2 is 1.64 bits per heavy atom. The van der Waals surface area contributed by atoms with Gasteiger partial charge in [-0.25, -0.2) is 4.90 Å². The Bertz CT molecular complexity index is 1260. The number of rotatable bonds is 8. The first kappa shape index (κ1) is 24.7. The van der Waals surface area contributed by atoms with Crippen LogP contribution < -0.4 is 15.0 Å². The third kappa shape index (κ3) is 5.43. The molecular weight excluding hydrogens is 458 g/mol. The Morgan fingerprint density at radius 1 is 0.972 bits per heavy atom. The maximum Gasteiger partial charge on any atom is 0.257 e. The van der Waals surface area contributed by atoms with E-state index in [0.717, 1.165) is 10.5 Å². The standard InChI is InChI=1S/C28H27N3O5/c1-19(32)29-22-10-12-23(13-11-22)31-26(33)18-25(28(31)35)30(17-16-20-6-4-3-5-7-20)27(34)21-8-14-24(36-2)15-9-21/h3-15,25H,16-18H2,1-2H3,(H,29,32). The minimum absolute atomic E-state index is 0.108. The number of nitrogens with zero attached hydrogens (tertiary/aromatic N) is 2. The SMILES string of the molecule is COc1ccc(C(=O)N(CCc2ccccc2)C2CC(=O)N(c3ccc(NC(C)=O)cc3)C2=O)cc1. The minimum Gasteiger partial charge on any atom is -0.497 e. The fourth-order valence-corrected chi connectivity index (χ4v) is 4.22. The van der Waals surface area contributed by atoms with Crippen LogP contribution in [0.1, 0.15) is 29.3 Å². The molecule has 0 saturated carbocycles. The number of hydrogen-bond donors (Lipinski definition) is 1. The molecule has 3 aromatic carbocycles. The minimum atomic E-state index is -0.925. The van der Waals surface area contributed by atoms with Crippen molar-refractivity contribution in [3.63, 3.8) is 0 Å². The van der Waals surface area contributed by atoms with E-state index in [1.807, 2.05) is 30.3 Å². The zero-order chi connectivity index (χ0) is 25.7. The average Bonchev–Trinajstić information content (AvgIpc) is 3.18. The van der Waals surface area contributed by atoms with Crippen molar-refractivity contribution in [1.82, 2.24) is 4.90 Å². The summed E-state index contributed by atoms with van der Waals surface area (Å²) in [5.74, 6) is -0.778. The molecule has 3 aromatic rings. The maximum atomic E-state index is 13.6. The first-order valence-electron chi connectivity index (χ1n) is 11.6. The number of methoxy groups -OCH3 is 1. The number of benzene rings is 3. The van der Waals surface area contributed by atoms with Crippen LogP contribution in [-0.2, 0) is 20.8 Å². The zero-order valence-corrected chi connectivity index (χ0v) is 20.1. The van der Waals surface area contributed by atoms with Gasteiger partial charge < -0.3 is 15.0 Å². The summed E-state index contributed by atoms with van der Waals surface area (Å²) >= 11 is 0. The van der Waals surface area contributed by atoms with Gasteiger partial charge in [-0.1, -0.05) is 30.3 Å². The molecule has 0 bridgehead atoms. The largest absolute Gasteiger partial charge is 0.497 e. The third-order valence-corrected chi connectivity index (χ3v) is 6.03. The van der Waals surface area contributed by atoms with E-state index in [0.29, 0.717) is 29.1 Å². The normalized spacial score (nSPS) is 15.1. The van der Waals surface area contributed by atoms with Crippen molar-refractivity contribution in [2.75, 3.05) is 23.9 Å². The summed E-state index contributed by atoms with van der Waals surface area (Å²) in [7, 11) is 1.54. The lowest BCUT2D eigenvalue weighted by Gasteiger charge is -2.28. The van der Waals surface area contributed by atoms with Crippen LogP contribution in [0.5, 0.6) is 5.75 Å². The second kappa shape index (κ2) is 10.9. The predicted octanol–water partition coefficient (Wildman–Crippen LogP) is 3.67. The van der Waals surface area contributed by atoms with Gasteiger partial charge in [0.1, 0.15) is 11.8 Å². The first-order valence-corrected chi connectivity index (χ1v) is 11.6. The average molecular weight is 486 g/mol. The van der Waals surface area contributed by atoms with Crippen LogP contribution in [0.2, 0.25) is 0 Å². The van der Waals surface area contributed by atoms with Gasteiger partial charge in [0.15, 0.2) is 0 Å². The molecule has 36 heavy (non-hydrogen) atoms. The summed E-state index contributed by atoms with van der Waals surface area (Å²) in [6.07, 6.45) is 0.426. The number of amides is 4. The van der Waals surface area contributed by atoms with E-state index in [-0.39, 0.29) is 30.7 Å². The van der Waals surface area contributed by atoms with E-state index < -0.39 is 11.9 Å². The van der Waals surface area contributed by atoms with Crippen molar-refractivity contribution in [2.45, 2.75) is 25.8 Å². The van der Waals surface area contributed by atoms with E-state index in [1.165, 1.54) is 11.8 Å². The highest BCUT2D eigenvalue weighted by Crippen LogP contribution is 2.28. The monoisotopic (exact) mass is 485 g/mol. The van der Waals surface area contributed by atoms with Crippen molar-refractivity contribution >= 4 is 35.0 Å². The van der Waals surface area contributed by atoms with E-state index in [9.17, 15) is 19.2 Å². The molecule has 1 fully saturated rings. The van der Waals surface area contributed by atoms with Crippen molar-refractivity contribution in [2.24, 2.45) is 0 Å². The predicted molar refractivity (Wildman–Crippen MR) is 136 cm³/mol. The summed E-state index contributed by atoms with van der Waals surface area (Å²) in [5, 5.41) is 2.66. The van der Waals surface area contributed by atoms with Gasteiger partial charge in [0.05, 0.1) is 19.2 Å². The van der Waals surface area contributed by atoms with Gasteiger partial charge in [0.2, 0.25) is 11.8 Å². The summed E-state index contributed by atoms with van der Waals surface area (Å²) in [5.41, 5.74) is 2.37. The summed E-state index contributed by atoms with van der Waals surface area (Å²) in [4.78, 5) is 53.9. The molecule has 0 aromatic heterocycles.